The van der Waals surface area contributed by atoms with Gasteiger partial charge in [0.2, 0.25) is 5.91 Å². The van der Waals surface area contributed by atoms with Gasteiger partial charge in [-0.25, -0.2) is 4.79 Å². The molecule has 0 radical (unpaired) electrons. The van der Waals surface area contributed by atoms with Gasteiger partial charge in [0.05, 0.1) is 13.2 Å². The summed E-state index contributed by atoms with van der Waals surface area (Å²) in [6, 6.07) is -1.21. The highest BCUT2D eigenvalue weighted by Gasteiger charge is 2.36. The number of nitrogens with one attached hydrogen (secondary N) is 1. The van der Waals surface area contributed by atoms with E-state index in [1.807, 2.05) is 20.8 Å². The molecular weight excluding hydrogens is 292 g/mol. The van der Waals surface area contributed by atoms with Crippen LogP contribution in [0.3, 0.4) is 0 Å². The van der Waals surface area contributed by atoms with Gasteiger partial charge in [0.25, 0.3) is 0 Å². The molecule has 1 aliphatic rings. The third-order valence-electron chi connectivity index (χ3n) is 4.05. The fourth-order valence-electron chi connectivity index (χ4n) is 2.69. The topological polar surface area (TPSA) is 81.4 Å². The Hall–Kier alpha value is -0.810. The summed E-state index contributed by atoms with van der Waals surface area (Å²) in [6.45, 7) is 5.67. The molecule has 0 saturated heterocycles. The molecule has 5 nitrogen and oxygen atoms in total. The normalized spacial score (nSPS) is 19.1. The molecule has 2 unspecified atom stereocenters. The molecule has 0 spiro atoms. The van der Waals surface area contributed by atoms with Crippen molar-refractivity contribution in [2.24, 2.45) is 17.1 Å². The van der Waals surface area contributed by atoms with E-state index >= 15 is 0 Å². The lowest BCUT2D eigenvalue weighted by molar-refractivity contribution is -0.148. The summed E-state index contributed by atoms with van der Waals surface area (Å²) in [6.07, 6.45) is 5.47. The summed E-state index contributed by atoms with van der Waals surface area (Å²) in [4.78, 5) is 24.1. The second-order valence-electron chi connectivity index (χ2n) is 6.75. The molecule has 124 valence electrons. The van der Waals surface area contributed by atoms with Gasteiger partial charge < -0.3 is 15.8 Å². The van der Waals surface area contributed by atoms with E-state index in [0.717, 1.165) is 25.7 Å². The van der Waals surface area contributed by atoms with E-state index in [2.05, 4.69) is 5.32 Å². The highest BCUT2D eigenvalue weighted by Crippen LogP contribution is 2.26. The van der Waals surface area contributed by atoms with Gasteiger partial charge in [-0.3, -0.25) is 4.79 Å². The Labute approximate surface area is 133 Å². The molecule has 0 aromatic heterocycles. The summed E-state index contributed by atoms with van der Waals surface area (Å²) in [5, 5.41) is 2.77. The summed E-state index contributed by atoms with van der Waals surface area (Å²) in [5.41, 5.74) is 5.65. The number of carbonyl (C=O) groups excluding carboxylic acids is 2. The Bertz CT molecular complexity index is 349. The molecule has 0 aromatic carbocycles. The molecule has 0 aliphatic heterocycles. The fourth-order valence-corrected chi connectivity index (χ4v) is 2.69. The lowest BCUT2D eigenvalue weighted by atomic mass is 9.83. The maximum absolute atomic E-state index is 12.3. The second kappa shape index (κ2) is 8.59. The largest absolute Gasteiger partial charge is 0.467 e. The smallest absolute Gasteiger partial charge is 0.328 e. The number of halogens is 1. The summed E-state index contributed by atoms with van der Waals surface area (Å²) >= 11 is 0. The first-order chi connectivity index (χ1) is 9.27. The Balaban J connectivity index is 0.00000400. The Morgan fingerprint density at radius 3 is 2.14 bits per heavy atom. The van der Waals surface area contributed by atoms with Crippen LogP contribution in [-0.4, -0.2) is 31.1 Å². The zero-order valence-electron chi connectivity index (χ0n) is 13.5. The second-order valence-corrected chi connectivity index (χ2v) is 6.75. The minimum atomic E-state index is -0.672. The van der Waals surface area contributed by atoms with Crippen LogP contribution in [0, 0.1) is 11.3 Å². The predicted molar refractivity (Wildman–Crippen MR) is 85.2 cm³/mol. The maximum atomic E-state index is 12.3. The lowest BCUT2D eigenvalue weighted by Gasteiger charge is -2.32. The highest BCUT2D eigenvalue weighted by molar-refractivity contribution is 5.88. The van der Waals surface area contributed by atoms with Gasteiger partial charge in [-0.15, -0.1) is 12.4 Å². The van der Waals surface area contributed by atoms with Crippen LogP contribution in [0.4, 0.5) is 0 Å². The van der Waals surface area contributed by atoms with Crippen LogP contribution in [0.25, 0.3) is 0 Å². The number of hydrogen-bond donors (Lipinski definition) is 2. The standard InChI is InChI=1S/C15H28N2O3.ClH/c1-15(2,3)12(14(19)20-4)17-13(18)11(16)10-8-6-5-7-9-10;/h10-12H,5-9,16H2,1-4H3,(H,17,18);1H. The number of ether oxygens (including phenoxy) is 1. The number of hydrogen-bond acceptors (Lipinski definition) is 4. The van der Waals surface area contributed by atoms with Crippen molar-refractivity contribution in [1.29, 1.82) is 0 Å². The maximum Gasteiger partial charge on any atom is 0.328 e. The number of nitrogens with two attached hydrogens (primary N) is 1. The van der Waals surface area contributed by atoms with E-state index in [0.29, 0.717) is 0 Å². The van der Waals surface area contributed by atoms with Gasteiger partial charge in [0.1, 0.15) is 6.04 Å². The molecule has 1 aliphatic carbocycles. The van der Waals surface area contributed by atoms with Crippen molar-refractivity contribution >= 4 is 24.3 Å². The number of amides is 1. The third-order valence-corrected chi connectivity index (χ3v) is 4.05. The average Bonchev–Trinajstić information content (AvgIpc) is 2.42. The molecule has 2 atom stereocenters. The quantitative estimate of drug-likeness (QED) is 0.776. The summed E-state index contributed by atoms with van der Waals surface area (Å²) < 4.78 is 4.77. The van der Waals surface area contributed by atoms with Gasteiger partial charge in [-0.05, 0) is 24.2 Å². The number of methoxy groups -OCH3 is 1. The highest BCUT2D eigenvalue weighted by atomic mass is 35.5. The molecular formula is C15H29ClN2O3. The van der Waals surface area contributed by atoms with Crippen molar-refractivity contribution in [2.75, 3.05) is 7.11 Å². The Morgan fingerprint density at radius 2 is 1.71 bits per heavy atom. The average molecular weight is 321 g/mol. The van der Waals surface area contributed by atoms with Crippen molar-refractivity contribution in [3.05, 3.63) is 0 Å². The number of carbonyl (C=O) groups is 2. The van der Waals surface area contributed by atoms with E-state index < -0.39 is 23.5 Å². The van der Waals surface area contributed by atoms with Gasteiger partial charge in [-0.2, -0.15) is 0 Å². The number of esters is 1. The van der Waals surface area contributed by atoms with Crippen molar-refractivity contribution in [3.63, 3.8) is 0 Å². The molecule has 1 fully saturated rings. The van der Waals surface area contributed by atoms with E-state index in [-0.39, 0.29) is 24.2 Å². The van der Waals surface area contributed by atoms with Crippen molar-refractivity contribution in [2.45, 2.75) is 65.0 Å². The number of rotatable bonds is 4. The molecule has 3 N–H and O–H groups in total. The van der Waals surface area contributed by atoms with Gasteiger partial charge in [0, 0.05) is 0 Å². The van der Waals surface area contributed by atoms with Gasteiger partial charge in [-0.1, -0.05) is 40.0 Å². The predicted octanol–water partition coefficient (Wildman–Crippen LogP) is 2.02. The van der Waals surface area contributed by atoms with Crippen molar-refractivity contribution in [3.8, 4) is 0 Å². The zero-order chi connectivity index (χ0) is 15.3. The molecule has 0 aromatic rings. The summed E-state index contributed by atoms with van der Waals surface area (Å²) in [5.74, 6) is -0.453. The minimum Gasteiger partial charge on any atom is -0.467 e. The lowest BCUT2D eigenvalue weighted by Crippen LogP contribution is -2.55. The molecule has 1 saturated carbocycles. The molecule has 6 heteroatoms. The van der Waals surface area contributed by atoms with Crippen LogP contribution >= 0.6 is 12.4 Å². The van der Waals surface area contributed by atoms with E-state index in [1.54, 1.807) is 0 Å². The van der Waals surface area contributed by atoms with Crippen LogP contribution in [0.5, 0.6) is 0 Å². The monoisotopic (exact) mass is 320 g/mol. The van der Waals surface area contributed by atoms with E-state index in [9.17, 15) is 9.59 Å². The van der Waals surface area contributed by atoms with Crippen molar-refractivity contribution in [1.82, 2.24) is 5.32 Å². The molecule has 1 rings (SSSR count). The van der Waals surface area contributed by atoms with Gasteiger partial charge >= 0.3 is 5.97 Å². The van der Waals surface area contributed by atoms with Crippen LogP contribution in [0.1, 0.15) is 52.9 Å². The van der Waals surface area contributed by atoms with Crippen molar-refractivity contribution < 1.29 is 14.3 Å². The zero-order valence-corrected chi connectivity index (χ0v) is 14.3. The first-order valence-electron chi connectivity index (χ1n) is 7.41. The molecule has 0 heterocycles. The van der Waals surface area contributed by atoms with Crippen LogP contribution in [0.15, 0.2) is 0 Å². The Morgan fingerprint density at radius 1 is 1.19 bits per heavy atom. The van der Waals surface area contributed by atoms with Gasteiger partial charge in [0.15, 0.2) is 0 Å². The van der Waals surface area contributed by atoms with Crippen LogP contribution < -0.4 is 11.1 Å². The summed E-state index contributed by atoms with van der Waals surface area (Å²) in [7, 11) is 1.33. The van der Waals surface area contributed by atoms with Crippen LogP contribution in [0.2, 0.25) is 0 Å². The molecule has 0 bridgehead atoms. The first-order valence-corrected chi connectivity index (χ1v) is 7.41. The van der Waals surface area contributed by atoms with Crippen LogP contribution in [-0.2, 0) is 14.3 Å². The van der Waals surface area contributed by atoms with E-state index in [4.69, 9.17) is 10.5 Å². The molecule has 21 heavy (non-hydrogen) atoms. The van der Waals surface area contributed by atoms with E-state index in [1.165, 1.54) is 13.5 Å². The molecule has 1 amide bonds. The first kappa shape index (κ1) is 20.2. The minimum absolute atomic E-state index is 0. The SMILES string of the molecule is COC(=O)C(NC(=O)C(N)C1CCCCC1)C(C)(C)C.Cl. The fraction of sp³-hybridized carbons (Fsp3) is 0.867. The third kappa shape index (κ3) is 5.83. The Kier molecular flexibility index (Phi) is 8.26.